The second-order valence-corrected chi connectivity index (χ2v) is 5.37. The van der Waals surface area contributed by atoms with Crippen LogP contribution in [0, 0.1) is 5.92 Å². The lowest BCUT2D eigenvalue weighted by Crippen LogP contribution is -2.25. The van der Waals surface area contributed by atoms with E-state index in [0.717, 1.165) is 29.8 Å². The number of ether oxygens (including phenoxy) is 1. The topological polar surface area (TPSA) is 21.3 Å². The zero-order valence-corrected chi connectivity index (χ0v) is 11.0. The Kier molecular flexibility index (Phi) is 4.84. The quantitative estimate of drug-likeness (QED) is 0.806. The summed E-state index contributed by atoms with van der Waals surface area (Å²) in [6.07, 6.45) is 2.69. The van der Waals surface area contributed by atoms with Crippen molar-refractivity contribution in [1.29, 1.82) is 0 Å². The predicted molar refractivity (Wildman–Crippen MR) is 71.3 cm³/mol. The molecule has 1 aromatic carbocycles. The van der Waals surface area contributed by atoms with Crippen LogP contribution in [0.3, 0.4) is 0 Å². The maximum absolute atomic E-state index is 5.91. The van der Waals surface area contributed by atoms with Gasteiger partial charge in [-0.1, -0.05) is 30.7 Å². The Morgan fingerprint density at radius 2 is 2.29 bits per heavy atom. The number of hydrogen-bond acceptors (Lipinski definition) is 2. The van der Waals surface area contributed by atoms with E-state index in [-0.39, 0.29) is 0 Å². The number of hydrogen-bond donors (Lipinski definition) is 1. The van der Waals surface area contributed by atoms with Gasteiger partial charge in [-0.15, -0.1) is 0 Å². The molecule has 1 aromatic rings. The van der Waals surface area contributed by atoms with Gasteiger partial charge in [0.25, 0.3) is 0 Å². The summed E-state index contributed by atoms with van der Waals surface area (Å²) in [5.74, 6) is 0.565. The van der Waals surface area contributed by atoms with E-state index in [0.29, 0.717) is 12.5 Å². The fourth-order valence-corrected chi connectivity index (χ4v) is 1.93. The Bertz CT molecular complexity index is 352. The van der Waals surface area contributed by atoms with E-state index in [9.17, 15) is 0 Å². The maximum atomic E-state index is 5.91. The van der Waals surface area contributed by atoms with Crippen molar-refractivity contribution in [1.82, 2.24) is 5.32 Å². The molecule has 17 heavy (non-hydrogen) atoms. The highest BCUT2D eigenvalue weighted by Gasteiger charge is 2.20. The second-order valence-electron chi connectivity index (χ2n) is 4.93. The summed E-state index contributed by atoms with van der Waals surface area (Å²) in [7, 11) is 0. The molecular weight excluding hydrogens is 234 g/mol. The Balaban J connectivity index is 1.61. The van der Waals surface area contributed by atoms with Crippen LogP contribution in [0.25, 0.3) is 0 Å². The number of benzene rings is 1. The molecule has 94 valence electrons. The summed E-state index contributed by atoms with van der Waals surface area (Å²) in [6, 6.07) is 8.62. The molecule has 0 saturated heterocycles. The van der Waals surface area contributed by atoms with E-state index >= 15 is 0 Å². The Morgan fingerprint density at radius 1 is 1.47 bits per heavy atom. The van der Waals surface area contributed by atoms with Crippen LogP contribution in [-0.4, -0.2) is 19.2 Å². The van der Waals surface area contributed by atoms with E-state index in [1.165, 1.54) is 12.8 Å². The van der Waals surface area contributed by atoms with Crippen molar-refractivity contribution >= 4 is 11.6 Å². The highest BCUT2D eigenvalue weighted by molar-refractivity contribution is 6.30. The molecular formula is C14H20ClNO. The maximum Gasteiger partial charge on any atom is 0.0717 e. The first-order valence-electron chi connectivity index (χ1n) is 6.29. The minimum atomic E-state index is 0.565. The number of halogens is 1. The molecule has 1 aliphatic rings. The lowest BCUT2D eigenvalue weighted by molar-refractivity contribution is 0.0917. The van der Waals surface area contributed by atoms with Crippen molar-refractivity contribution in [2.75, 3.05) is 13.2 Å². The van der Waals surface area contributed by atoms with Crippen LogP contribution in [-0.2, 0) is 11.3 Å². The van der Waals surface area contributed by atoms with Crippen molar-refractivity contribution in [3.8, 4) is 0 Å². The number of rotatable bonds is 7. The molecule has 0 aliphatic heterocycles. The highest BCUT2D eigenvalue weighted by atomic mass is 35.5. The molecule has 0 bridgehead atoms. The third kappa shape index (κ3) is 5.07. The smallest absolute Gasteiger partial charge is 0.0717 e. The molecule has 1 atom stereocenters. The minimum absolute atomic E-state index is 0.565. The molecule has 1 aliphatic carbocycles. The molecule has 0 amide bonds. The van der Waals surface area contributed by atoms with Crippen LogP contribution in [0.2, 0.25) is 5.02 Å². The minimum Gasteiger partial charge on any atom is -0.376 e. The Hall–Kier alpha value is -0.570. The van der Waals surface area contributed by atoms with Gasteiger partial charge in [-0.3, -0.25) is 0 Å². The first-order valence-corrected chi connectivity index (χ1v) is 6.67. The predicted octanol–water partition coefficient (Wildman–Crippen LogP) is 3.24. The standard InChI is InChI=1S/C14H20ClNO/c1-11(8-16-14-5-6-14)9-17-10-12-3-2-4-13(15)7-12/h2-4,7,11,14,16H,5-6,8-10H2,1H3. The molecule has 0 heterocycles. The van der Waals surface area contributed by atoms with Crippen LogP contribution in [0.1, 0.15) is 25.3 Å². The van der Waals surface area contributed by atoms with Crippen LogP contribution in [0.5, 0.6) is 0 Å². The van der Waals surface area contributed by atoms with Crippen molar-refractivity contribution in [3.05, 3.63) is 34.9 Å². The fourth-order valence-electron chi connectivity index (χ4n) is 1.72. The lowest BCUT2D eigenvalue weighted by Gasteiger charge is -2.12. The zero-order valence-electron chi connectivity index (χ0n) is 10.3. The summed E-state index contributed by atoms with van der Waals surface area (Å²) in [4.78, 5) is 0. The largest absolute Gasteiger partial charge is 0.376 e. The van der Waals surface area contributed by atoms with E-state index < -0.39 is 0 Å². The fraction of sp³-hybridized carbons (Fsp3) is 0.571. The van der Waals surface area contributed by atoms with Crippen molar-refractivity contribution in [2.45, 2.75) is 32.4 Å². The molecule has 1 fully saturated rings. The van der Waals surface area contributed by atoms with Crippen molar-refractivity contribution in [3.63, 3.8) is 0 Å². The van der Waals surface area contributed by atoms with E-state index in [1.807, 2.05) is 24.3 Å². The van der Waals surface area contributed by atoms with Gasteiger partial charge in [0.2, 0.25) is 0 Å². The third-order valence-corrected chi connectivity index (χ3v) is 3.13. The second kappa shape index (κ2) is 6.39. The van der Waals surface area contributed by atoms with E-state index in [2.05, 4.69) is 12.2 Å². The molecule has 0 aromatic heterocycles. The van der Waals surface area contributed by atoms with E-state index in [4.69, 9.17) is 16.3 Å². The molecule has 1 N–H and O–H groups in total. The SMILES string of the molecule is CC(CNC1CC1)COCc1cccc(Cl)c1. The van der Waals surface area contributed by atoms with Crippen LogP contribution < -0.4 is 5.32 Å². The molecule has 0 radical (unpaired) electrons. The van der Waals surface area contributed by atoms with Crippen LogP contribution in [0.15, 0.2) is 24.3 Å². The van der Waals surface area contributed by atoms with E-state index in [1.54, 1.807) is 0 Å². The third-order valence-electron chi connectivity index (χ3n) is 2.89. The molecule has 0 spiro atoms. The molecule has 2 rings (SSSR count). The molecule has 2 nitrogen and oxygen atoms in total. The van der Waals surface area contributed by atoms with Crippen LogP contribution in [0.4, 0.5) is 0 Å². The molecule has 1 unspecified atom stereocenters. The molecule has 3 heteroatoms. The normalized spacial score (nSPS) is 17.1. The summed E-state index contributed by atoms with van der Waals surface area (Å²) < 4.78 is 5.69. The zero-order chi connectivity index (χ0) is 12.1. The number of nitrogens with one attached hydrogen (secondary N) is 1. The van der Waals surface area contributed by atoms with Gasteiger partial charge in [-0.2, -0.15) is 0 Å². The average Bonchev–Trinajstić information content (AvgIpc) is 3.10. The average molecular weight is 254 g/mol. The van der Waals surface area contributed by atoms with Crippen molar-refractivity contribution < 1.29 is 4.74 Å². The van der Waals surface area contributed by atoms with Gasteiger partial charge in [-0.05, 0) is 36.5 Å². The summed E-state index contributed by atoms with van der Waals surface area (Å²) in [6.45, 7) is 4.72. The van der Waals surface area contributed by atoms with Gasteiger partial charge in [0.15, 0.2) is 0 Å². The van der Waals surface area contributed by atoms with Gasteiger partial charge in [0.05, 0.1) is 13.2 Å². The Morgan fingerprint density at radius 3 is 3.00 bits per heavy atom. The monoisotopic (exact) mass is 253 g/mol. The van der Waals surface area contributed by atoms with Gasteiger partial charge >= 0.3 is 0 Å². The summed E-state index contributed by atoms with van der Waals surface area (Å²) in [5.41, 5.74) is 1.14. The first-order chi connectivity index (χ1) is 8.24. The van der Waals surface area contributed by atoms with Gasteiger partial charge in [-0.25, -0.2) is 0 Å². The summed E-state index contributed by atoms with van der Waals surface area (Å²) in [5, 5.41) is 4.29. The lowest BCUT2D eigenvalue weighted by atomic mass is 10.2. The Labute approximate surface area is 108 Å². The van der Waals surface area contributed by atoms with Gasteiger partial charge in [0, 0.05) is 17.6 Å². The van der Waals surface area contributed by atoms with Gasteiger partial charge < -0.3 is 10.1 Å². The van der Waals surface area contributed by atoms with Gasteiger partial charge in [0.1, 0.15) is 0 Å². The first kappa shape index (κ1) is 12.9. The van der Waals surface area contributed by atoms with Crippen molar-refractivity contribution in [2.24, 2.45) is 5.92 Å². The molecule has 1 saturated carbocycles. The van der Waals surface area contributed by atoms with Crippen LogP contribution >= 0.6 is 11.6 Å². The highest BCUT2D eigenvalue weighted by Crippen LogP contribution is 2.18. The summed E-state index contributed by atoms with van der Waals surface area (Å²) >= 11 is 5.91.